The van der Waals surface area contributed by atoms with Crippen molar-refractivity contribution in [3.8, 4) is 11.4 Å². The van der Waals surface area contributed by atoms with E-state index in [2.05, 4.69) is 25.6 Å². The second-order valence-corrected chi connectivity index (χ2v) is 4.23. The molecule has 1 aliphatic heterocycles. The van der Waals surface area contributed by atoms with Crippen molar-refractivity contribution in [2.24, 2.45) is 4.99 Å². The number of para-hydroxylation sites is 1. The van der Waals surface area contributed by atoms with Gasteiger partial charge in [-0.05, 0) is 18.2 Å². The largest absolute Gasteiger partial charge is 0.377 e. The van der Waals surface area contributed by atoms with E-state index >= 15 is 0 Å². The number of anilines is 1. The molecule has 19 heavy (non-hydrogen) atoms. The molecule has 5 nitrogen and oxygen atoms in total. The Labute approximate surface area is 111 Å². The Hall–Kier alpha value is -2.43. The first-order chi connectivity index (χ1) is 9.43. The van der Waals surface area contributed by atoms with Crippen LogP contribution in [-0.2, 0) is 0 Å². The Morgan fingerprint density at radius 1 is 1.11 bits per heavy atom. The minimum atomic E-state index is 0.698. The molecular weight excluding hydrogens is 238 g/mol. The first kappa shape index (κ1) is 11.6. The van der Waals surface area contributed by atoms with Gasteiger partial charge in [0, 0.05) is 30.2 Å². The molecule has 5 heteroatoms. The van der Waals surface area contributed by atoms with Crippen LogP contribution in [0.15, 0.2) is 47.7 Å². The Morgan fingerprint density at radius 2 is 1.95 bits per heavy atom. The second kappa shape index (κ2) is 5.48. The molecule has 0 saturated heterocycles. The van der Waals surface area contributed by atoms with Gasteiger partial charge < -0.3 is 10.6 Å². The van der Waals surface area contributed by atoms with Crippen molar-refractivity contribution in [3.63, 3.8) is 0 Å². The highest BCUT2D eigenvalue weighted by Gasteiger charge is 2.08. The van der Waals surface area contributed by atoms with Gasteiger partial charge in [-0.25, -0.2) is 9.97 Å². The first-order valence-electron chi connectivity index (χ1n) is 6.31. The van der Waals surface area contributed by atoms with Gasteiger partial charge in [-0.3, -0.25) is 4.99 Å². The lowest BCUT2D eigenvalue weighted by Gasteiger charge is -2.11. The zero-order valence-corrected chi connectivity index (χ0v) is 10.5. The van der Waals surface area contributed by atoms with Crippen molar-refractivity contribution >= 4 is 11.5 Å². The van der Waals surface area contributed by atoms with E-state index in [1.165, 1.54) is 0 Å². The molecule has 1 aromatic carbocycles. The average Bonchev–Trinajstić information content (AvgIpc) is 3.00. The summed E-state index contributed by atoms with van der Waals surface area (Å²) >= 11 is 0. The second-order valence-electron chi connectivity index (χ2n) is 4.23. The van der Waals surface area contributed by atoms with E-state index in [0.29, 0.717) is 6.54 Å². The first-order valence-corrected chi connectivity index (χ1v) is 6.31. The summed E-state index contributed by atoms with van der Waals surface area (Å²) in [5.41, 5.74) is 2.02. The highest BCUT2D eigenvalue weighted by molar-refractivity contribution is 5.88. The molecule has 2 heterocycles. The molecule has 0 atom stereocenters. The molecule has 3 rings (SSSR count). The van der Waals surface area contributed by atoms with Crippen molar-refractivity contribution < 1.29 is 0 Å². The van der Waals surface area contributed by atoms with Gasteiger partial charge >= 0.3 is 0 Å². The number of nitrogens with one attached hydrogen (secondary N) is 2. The van der Waals surface area contributed by atoms with E-state index in [4.69, 9.17) is 0 Å². The molecule has 0 unspecified atom stereocenters. The molecule has 0 amide bonds. The molecule has 0 saturated carbocycles. The van der Waals surface area contributed by atoms with E-state index in [1.54, 1.807) is 12.4 Å². The number of rotatable bonds is 4. The summed E-state index contributed by atoms with van der Waals surface area (Å²) < 4.78 is 0. The van der Waals surface area contributed by atoms with Crippen LogP contribution in [0.2, 0.25) is 0 Å². The van der Waals surface area contributed by atoms with Gasteiger partial charge in [-0.2, -0.15) is 0 Å². The van der Waals surface area contributed by atoms with Crippen LogP contribution >= 0.6 is 0 Å². The molecular formula is C14H15N5. The number of nitrogens with zero attached hydrogens (tertiary/aromatic N) is 3. The third-order valence-electron chi connectivity index (χ3n) is 2.92. The van der Waals surface area contributed by atoms with Gasteiger partial charge in [0.15, 0.2) is 5.82 Å². The maximum Gasteiger partial charge on any atom is 0.161 e. The van der Waals surface area contributed by atoms with Crippen LogP contribution in [0.25, 0.3) is 11.4 Å². The molecule has 2 N–H and O–H groups in total. The van der Waals surface area contributed by atoms with Crippen LogP contribution in [0.3, 0.4) is 0 Å². The van der Waals surface area contributed by atoms with Crippen LogP contribution in [0.5, 0.6) is 0 Å². The number of benzene rings is 1. The summed E-state index contributed by atoms with van der Waals surface area (Å²) in [5, 5.41) is 6.62. The van der Waals surface area contributed by atoms with E-state index in [-0.39, 0.29) is 0 Å². The van der Waals surface area contributed by atoms with Gasteiger partial charge in [0.1, 0.15) is 5.84 Å². The lowest BCUT2D eigenvalue weighted by Crippen LogP contribution is -2.26. The minimum absolute atomic E-state index is 0.698. The molecule has 0 bridgehead atoms. The molecule has 0 spiro atoms. The smallest absolute Gasteiger partial charge is 0.161 e. The number of hydrogen-bond donors (Lipinski definition) is 2. The van der Waals surface area contributed by atoms with Crippen LogP contribution < -0.4 is 10.6 Å². The quantitative estimate of drug-likeness (QED) is 0.868. The van der Waals surface area contributed by atoms with E-state index in [9.17, 15) is 0 Å². The summed E-state index contributed by atoms with van der Waals surface area (Å²) in [4.78, 5) is 12.9. The molecule has 1 aliphatic rings. The third-order valence-corrected chi connectivity index (χ3v) is 2.92. The number of aliphatic imine (C=N–C) groups is 1. The van der Waals surface area contributed by atoms with Crippen molar-refractivity contribution in [1.82, 2.24) is 15.3 Å². The zero-order chi connectivity index (χ0) is 12.9. The van der Waals surface area contributed by atoms with Crippen LogP contribution in [0.1, 0.15) is 0 Å². The predicted octanol–water partition coefficient (Wildman–Crippen LogP) is 1.56. The molecule has 0 radical (unpaired) electrons. The summed E-state index contributed by atoms with van der Waals surface area (Å²) in [7, 11) is 0. The number of hydrogen-bond acceptors (Lipinski definition) is 5. The SMILES string of the molecule is c1cnc(-c2ccccc2NCC2=NCCN2)nc1. The molecule has 2 aromatic rings. The van der Waals surface area contributed by atoms with Gasteiger partial charge in [-0.1, -0.05) is 12.1 Å². The molecule has 0 fully saturated rings. The van der Waals surface area contributed by atoms with Crippen molar-refractivity contribution in [2.75, 3.05) is 25.0 Å². The summed E-state index contributed by atoms with van der Waals surface area (Å²) in [5.74, 6) is 1.73. The maximum atomic E-state index is 4.36. The van der Waals surface area contributed by atoms with Gasteiger partial charge in [-0.15, -0.1) is 0 Å². The zero-order valence-electron chi connectivity index (χ0n) is 10.5. The van der Waals surface area contributed by atoms with Crippen LogP contribution in [-0.4, -0.2) is 35.4 Å². The van der Waals surface area contributed by atoms with Gasteiger partial charge in [0.05, 0.1) is 13.1 Å². The van der Waals surface area contributed by atoms with Crippen LogP contribution in [0.4, 0.5) is 5.69 Å². The Bertz CT molecular complexity index is 579. The maximum absolute atomic E-state index is 4.36. The summed E-state index contributed by atoms with van der Waals surface area (Å²) in [6.07, 6.45) is 3.50. The minimum Gasteiger partial charge on any atom is -0.377 e. The Balaban J connectivity index is 1.81. The number of amidine groups is 1. The normalized spacial score (nSPS) is 13.8. The summed E-state index contributed by atoms with van der Waals surface area (Å²) in [6.45, 7) is 2.49. The predicted molar refractivity (Wildman–Crippen MR) is 76.3 cm³/mol. The molecule has 0 aliphatic carbocycles. The Morgan fingerprint density at radius 3 is 2.74 bits per heavy atom. The topological polar surface area (TPSA) is 62.2 Å². The van der Waals surface area contributed by atoms with Crippen molar-refractivity contribution in [3.05, 3.63) is 42.7 Å². The highest BCUT2D eigenvalue weighted by Crippen LogP contribution is 2.23. The lowest BCUT2D eigenvalue weighted by molar-refractivity contribution is 0.956. The standard InChI is InChI=1S/C14H15N5/c1-2-5-12(19-10-13-15-8-9-16-13)11(4-1)14-17-6-3-7-18-14/h1-7,19H,8-10H2,(H,15,16). The van der Waals surface area contributed by atoms with Gasteiger partial charge in [0.25, 0.3) is 0 Å². The lowest BCUT2D eigenvalue weighted by atomic mass is 10.1. The molecule has 1 aromatic heterocycles. The van der Waals surface area contributed by atoms with Crippen molar-refractivity contribution in [2.45, 2.75) is 0 Å². The Kier molecular flexibility index (Phi) is 3.36. The van der Waals surface area contributed by atoms with Crippen molar-refractivity contribution in [1.29, 1.82) is 0 Å². The summed E-state index contributed by atoms with van der Waals surface area (Å²) in [6, 6.07) is 9.85. The fraction of sp³-hybridized carbons (Fsp3) is 0.214. The fourth-order valence-electron chi connectivity index (χ4n) is 2.01. The third kappa shape index (κ3) is 2.70. The van der Waals surface area contributed by atoms with E-state index < -0.39 is 0 Å². The molecule has 96 valence electrons. The highest BCUT2D eigenvalue weighted by atomic mass is 15.1. The fourth-order valence-corrected chi connectivity index (χ4v) is 2.01. The van der Waals surface area contributed by atoms with Gasteiger partial charge in [0.2, 0.25) is 0 Å². The van der Waals surface area contributed by atoms with E-state index in [0.717, 1.165) is 36.0 Å². The van der Waals surface area contributed by atoms with Crippen LogP contribution in [0, 0.1) is 0 Å². The monoisotopic (exact) mass is 253 g/mol. The van der Waals surface area contributed by atoms with E-state index in [1.807, 2.05) is 30.3 Å². The number of aromatic nitrogens is 2. The average molecular weight is 253 g/mol.